The van der Waals surface area contributed by atoms with Crippen LogP contribution in [0.3, 0.4) is 0 Å². The summed E-state index contributed by atoms with van der Waals surface area (Å²) >= 11 is 0. The highest BCUT2D eigenvalue weighted by atomic mass is 19.4. The zero-order valence-corrected chi connectivity index (χ0v) is 8.12. The number of carbonyl (C=O) groups is 1. The maximum absolute atomic E-state index is 13.0. The summed E-state index contributed by atoms with van der Waals surface area (Å²) in [4.78, 5) is 10.4. The first-order valence-electron chi connectivity index (χ1n) is 4.22. The van der Waals surface area contributed by atoms with Gasteiger partial charge in [0.1, 0.15) is 5.82 Å². The molecule has 0 aliphatic rings. The van der Waals surface area contributed by atoms with Crippen LogP contribution in [0.15, 0.2) is 12.1 Å². The smallest absolute Gasteiger partial charge is 0.416 e. The van der Waals surface area contributed by atoms with E-state index in [1.807, 2.05) is 0 Å². The third-order valence-electron chi connectivity index (χ3n) is 2.05. The summed E-state index contributed by atoms with van der Waals surface area (Å²) in [7, 11) is 0. The van der Waals surface area contributed by atoms with Crippen LogP contribution in [0.5, 0.6) is 0 Å². The summed E-state index contributed by atoms with van der Waals surface area (Å²) < 4.78 is 50.5. The second kappa shape index (κ2) is 4.21. The molecule has 0 amide bonds. The summed E-state index contributed by atoms with van der Waals surface area (Å²) in [5, 5.41) is 17.5. The molecule has 0 aliphatic carbocycles. The van der Waals surface area contributed by atoms with Crippen molar-refractivity contribution in [3.63, 3.8) is 0 Å². The van der Waals surface area contributed by atoms with Gasteiger partial charge in [-0.3, -0.25) is 0 Å². The van der Waals surface area contributed by atoms with Crippen molar-refractivity contribution in [1.82, 2.24) is 0 Å². The van der Waals surface area contributed by atoms with Crippen LogP contribution in [0.1, 0.15) is 17.2 Å². The molecule has 0 aromatic heterocycles. The molecule has 1 atom stereocenters. The number of halogens is 4. The molecule has 8 heteroatoms. The molecule has 1 rings (SSSR count). The standard InChI is InChI=1S/C9H7F4NO3/c10-4-2-1-3(9(11,12)13)5(6(4)14)7(15)8(16)17/h1-2,7,15H,14H2,(H,16,17). The van der Waals surface area contributed by atoms with Gasteiger partial charge >= 0.3 is 12.1 Å². The van der Waals surface area contributed by atoms with E-state index < -0.39 is 40.9 Å². The highest BCUT2D eigenvalue weighted by Crippen LogP contribution is 2.38. The fourth-order valence-corrected chi connectivity index (χ4v) is 1.28. The van der Waals surface area contributed by atoms with Crippen LogP contribution >= 0.6 is 0 Å². The van der Waals surface area contributed by atoms with E-state index in [1.54, 1.807) is 0 Å². The Morgan fingerprint density at radius 3 is 2.29 bits per heavy atom. The second-order valence-corrected chi connectivity index (χ2v) is 3.16. The number of aliphatic carboxylic acids is 1. The molecule has 1 unspecified atom stereocenters. The second-order valence-electron chi connectivity index (χ2n) is 3.16. The first kappa shape index (κ1) is 13.2. The van der Waals surface area contributed by atoms with Gasteiger partial charge < -0.3 is 15.9 Å². The lowest BCUT2D eigenvalue weighted by atomic mass is 9.99. The van der Waals surface area contributed by atoms with E-state index in [1.165, 1.54) is 0 Å². The fourth-order valence-electron chi connectivity index (χ4n) is 1.28. The van der Waals surface area contributed by atoms with Crippen LogP contribution in [0, 0.1) is 5.82 Å². The van der Waals surface area contributed by atoms with E-state index in [0.717, 1.165) is 0 Å². The van der Waals surface area contributed by atoms with Gasteiger partial charge in [0.05, 0.1) is 11.3 Å². The summed E-state index contributed by atoms with van der Waals surface area (Å²) in [6, 6.07) is 0.781. The topological polar surface area (TPSA) is 83.5 Å². The molecule has 17 heavy (non-hydrogen) atoms. The van der Waals surface area contributed by atoms with Crippen LogP contribution < -0.4 is 5.73 Å². The van der Waals surface area contributed by atoms with Crippen molar-refractivity contribution < 1.29 is 32.6 Å². The maximum Gasteiger partial charge on any atom is 0.416 e. The van der Waals surface area contributed by atoms with E-state index in [9.17, 15) is 22.4 Å². The van der Waals surface area contributed by atoms with Crippen LogP contribution in [-0.2, 0) is 11.0 Å². The molecule has 0 aliphatic heterocycles. The number of hydrogen-bond donors (Lipinski definition) is 3. The number of benzene rings is 1. The van der Waals surface area contributed by atoms with Crippen molar-refractivity contribution in [2.45, 2.75) is 12.3 Å². The Morgan fingerprint density at radius 1 is 1.35 bits per heavy atom. The van der Waals surface area contributed by atoms with Gasteiger partial charge in [0.2, 0.25) is 0 Å². The molecule has 1 aromatic carbocycles. The molecular formula is C9H7F4NO3. The highest BCUT2D eigenvalue weighted by molar-refractivity contribution is 5.77. The average molecular weight is 253 g/mol. The Balaban J connectivity index is 3.53. The third-order valence-corrected chi connectivity index (χ3v) is 2.05. The van der Waals surface area contributed by atoms with Gasteiger partial charge in [-0.1, -0.05) is 0 Å². The maximum atomic E-state index is 13.0. The largest absolute Gasteiger partial charge is 0.479 e. The number of rotatable bonds is 2. The van der Waals surface area contributed by atoms with E-state index in [0.29, 0.717) is 12.1 Å². The quantitative estimate of drug-likeness (QED) is 0.551. The zero-order chi connectivity index (χ0) is 13.4. The minimum absolute atomic E-state index is 0.327. The summed E-state index contributed by atoms with van der Waals surface area (Å²) in [6.45, 7) is 0. The van der Waals surface area contributed by atoms with E-state index in [4.69, 9.17) is 15.9 Å². The monoisotopic (exact) mass is 253 g/mol. The van der Waals surface area contributed by atoms with Gasteiger partial charge in [-0.05, 0) is 12.1 Å². The molecule has 0 spiro atoms. The molecule has 0 fully saturated rings. The predicted octanol–water partition coefficient (Wildman–Crippen LogP) is 1.54. The minimum Gasteiger partial charge on any atom is -0.479 e. The fraction of sp³-hybridized carbons (Fsp3) is 0.222. The first-order chi connectivity index (χ1) is 7.66. The summed E-state index contributed by atoms with van der Waals surface area (Å²) in [5.74, 6) is -3.18. The number of nitrogens with two attached hydrogens (primary N) is 1. The van der Waals surface area contributed by atoms with Crippen molar-refractivity contribution in [2.24, 2.45) is 0 Å². The van der Waals surface area contributed by atoms with E-state index in [2.05, 4.69) is 0 Å². The molecule has 0 saturated heterocycles. The minimum atomic E-state index is -4.94. The number of hydrogen-bond acceptors (Lipinski definition) is 3. The molecular weight excluding hydrogens is 246 g/mol. The van der Waals surface area contributed by atoms with Gasteiger partial charge in [-0.15, -0.1) is 0 Å². The van der Waals surface area contributed by atoms with Gasteiger partial charge in [0, 0.05) is 5.56 Å². The molecule has 94 valence electrons. The van der Waals surface area contributed by atoms with Crippen LogP contribution in [0.25, 0.3) is 0 Å². The number of alkyl halides is 3. The molecule has 0 bridgehead atoms. The van der Waals surface area contributed by atoms with Gasteiger partial charge in [0.25, 0.3) is 0 Å². The molecule has 4 N–H and O–H groups in total. The Kier molecular flexibility index (Phi) is 3.28. The Bertz CT molecular complexity index is 458. The number of aliphatic hydroxyl groups excluding tert-OH is 1. The van der Waals surface area contributed by atoms with Crippen molar-refractivity contribution in [2.75, 3.05) is 5.73 Å². The van der Waals surface area contributed by atoms with Gasteiger partial charge in [-0.2, -0.15) is 13.2 Å². The molecule has 4 nitrogen and oxygen atoms in total. The van der Waals surface area contributed by atoms with Crippen molar-refractivity contribution >= 4 is 11.7 Å². The number of anilines is 1. The number of aliphatic hydroxyl groups is 1. The average Bonchev–Trinajstić information content (AvgIpc) is 2.19. The lowest BCUT2D eigenvalue weighted by Gasteiger charge is -2.17. The Morgan fingerprint density at radius 2 is 1.88 bits per heavy atom. The Hall–Kier alpha value is -1.83. The molecule has 1 aromatic rings. The summed E-state index contributed by atoms with van der Waals surface area (Å²) in [6.07, 6.45) is -7.48. The van der Waals surface area contributed by atoms with Crippen molar-refractivity contribution in [3.8, 4) is 0 Å². The van der Waals surface area contributed by atoms with Crippen LogP contribution in [-0.4, -0.2) is 16.2 Å². The number of carboxylic acid groups (broad SMARTS) is 1. The van der Waals surface area contributed by atoms with Gasteiger partial charge in [-0.25, -0.2) is 9.18 Å². The van der Waals surface area contributed by atoms with E-state index >= 15 is 0 Å². The predicted molar refractivity (Wildman–Crippen MR) is 48.4 cm³/mol. The van der Waals surface area contributed by atoms with Crippen LogP contribution in [0.2, 0.25) is 0 Å². The van der Waals surface area contributed by atoms with Crippen LogP contribution in [0.4, 0.5) is 23.2 Å². The number of nitrogen functional groups attached to an aromatic ring is 1. The highest BCUT2D eigenvalue weighted by Gasteiger charge is 2.38. The number of carboxylic acids is 1. The lowest BCUT2D eigenvalue weighted by molar-refractivity contribution is -0.149. The van der Waals surface area contributed by atoms with E-state index in [-0.39, 0.29) is 0 Å². The van der Waals surface area contributed by atoms with Gasteiger partial charge in [0.15, 0.2) is 6.10 Å². The lowest BCUT2D eigenvalue weighted by Crippen LogP contribution is -2.20. The Labute approximate surface area is 92.3 Å². The molecule has 0 radical (unpaired) electrons. The normalized spacial score (nSPS) is 13.5. The third kappa shape index (κ3) is 2.47. The van der Waals surface area contributed by atoms with Crippen molar-refractivity contribution in [3.05, 3.63) is 29.1 Å². The first-order valence-corrected chi connectivity index (χ1v) is 4.22. The van der Waals surface area contributed by atoms with Crippen molar-refractivity contribution in [1.29, 1.82) is 0 Å². The zero-order valence-electron chi connectivity index (χ0n) is 8.12. The molecule has 0 heterocycles. The SMILES string of the molecule is Nc1c(F)ccc(C(F)(F)F)c1C(O)C(=O)O. The summed E-state index contributed by atoms with van der Waals surface area (Å²) in [5.41, 5.74) is 1.32. The molecule has 0 saturated carbocycles.